The predicted molar refractivity (Wildman–Crippen MR) is 297 cm³/mol. The minimum Gasteiger partial charge on any atom is -0.508 e. The van der Waals surface area contributed by atoms with Crippen LogP contribution in [0.15, 0.2) is 104 Å². The second-order valence-electron chi connectivity index (χ2n) is 20.7. The number of ether oxygens (including phenoxy) is 3. The first-order chi connectivity index (χ1) is 38.4. The Bertz CT molecular complexity index is 3550. The van der Waals surface area contributed by atoms with Crippen LogP contribution in [-0.4, -0.2) is 127 Å². The van der Waals surface area contributed by atoms with Crippen LogP contribution < -0.4 is 25.0 Å². The molecule has 3 fully saturated rings. The average Bonchev–Trinajstić information content (AvgIpc) is 4.36. The molecule has 7 heterocycles. The van der Waals surface area contributed by atoms with Crippen molar-refractivity contribution in [1.29, 1.82) is 0 Å². The molecule has 4 aromatic carbocycles. The van der Waals surface area contributed by atoms with Gasteiger partial charge in [-0.05, 0) is 88.9 Å². The highest BCUT2D eigenvalue weighted by Crippen LogP contribution is 2.45. The lowest BCUT2D eigenvalue weighted by molar-refractivity contribution is -0.142. The molecule has 408 valence electrons. The van der Waals surface area contributed by atoms with Crippen molar-refractivity contribution in [1.82, 2.24) is 50.5 Å². The van der Waals surface area contributed by atoms with Crippen LogP contribution >= 0.6 is 11.6 Å². The summed E-state index contributed by atoms with van der Waals surface area (Å²) in [6.45, 7) is 7.95. The van der Waals surface area contributed by atoms with Crippen molar-refractivity contribution in [3.05, 3.63) is 131 Å². The number of phenols is 1. The Morgan fingerprint density at radius 2 is 1.78 bits per heavy atom. The first-order valence-corrected chi connectivity index (χ1v) is 27.1. The third kappa shape index (κ3) is 10.6. The zero-order valence-corrected chi connectivity index (χ0v) is 45.0. The van der Waals surface area contributed by atoms with E-state index in [2.05, 4.69) is 30.8 Å². The standard InChI is InChI=1S/C59H61ClFN11O7/c1-5-42-47(61)17-16-38-23-41(74)25-43(51(38)42)52-55(53-45(28-64-52)56(67-59(66-53)78-22-21-77-4)71-29-39-24-40(71)26-63-39)79-32-34-8-10-36(11-9-34)48-30-72(69-68-48)54(33(2)3)58(76)70-20-6-7-50(70)57(75)65-49(31-73)37-14-12-35(13-15-37)44-27-62-19-18-46(44)60/h8-19,23,25,27-28,30,33,39-40,49-50,54,63,73-74H,5-7,20-22,24,26,29,31-32H2,1-4H3,(H,65,75). The molecule has 3 aliphatic rings. The van der Waals surface area contributed by atoms with E-state index in [0.717, 1.165) is 41.8 Å². The van der Waals surface area contributed by atoms with Gasteiger partial charge in [-0.1, -0.05) is 92.2 Å². The molecule has 4 N–H and O–H groups in total. The number of aliphatic hydroxyl groups excluding tert-OH is 1. The number of phenolic OH excluding ortho intramolecular Hbond substituents is 1. The monoisotopic (exact) mass is 1090 g/mol. The van der Waals surface area contributed by atoms with Gasteiger partial charge in [0.05, 0.1) is 35.9 Å². The molecule has 0 saturated carbocycles. The predicted octanol–water partition coefficient (Wildman–Crippen LogP) is 8.42. The van der Waals surface area contributed by atoms with Crippen LogP contribution in [0.5, 0.6) is 17.5 Å². The number of piperazine rings is 1. The summed E-state index contributed by atoms with van der Waals surface area (Å²) in [6.07, 6.45) is 9.25. The summed E-state index contributed by atoms with van der Waals surface area (Å²) in [7, 11) is 1.60. The summed E-state index contributed by atoms with van der Waals surface area (Å²) >= 11 is 6.40. The quantitative estimate of drug-likeness (QED) is 0.0560. The van der Waals surface area contributed by atoms with Crippen molar-refractivity contribution < 1.29 is 38.4 Å². The Balaban J connectivity index is 0.849. The fourth-order valence-electron chi connectivity index (χ4n) is 11.3. The summed E-state index contributed by atoms with van der Waals surface area (Å²) in [4.78, 5) is 51.5. The van der Waals surface area contributed by atoms with Crippen LogP contribution in [-0.2, 0) is 27.4 Å². The number of nitrogens with one attached hydrogen (secondary N) is 2. The van der Waals surface area contributed by atoms with E-state index >= 15 is 4.39 Å². The van der Waals surface area contributed by atoms with Crippen molar-refractivity contribution >= 4 is 50.9 Å². The summed E-state index contributed by atoms with van der Waals surface area (Å²) < 4.78 is 35.5. The molecule has 4 aromatic heterocycles. The zero-order chi connectivity index (χ0) is 54.9. The van der Waals surface area contributed by atoms with E-state index < -0.39 is 18.1 Å². The molecule has 0 radical (unpaired) electrons. The number of aromatic nitrogens is 7. The van der Waals surface area contributed by atoms with Gasteiger partial charge < -0.3 is 44.9 Å². The molecule has 5 atom stereocenters. The van der Waals surface area contributed by atoms with Gasteiger partial charge in [-0.2, -0.15) is 9.97 Å². The number of fused-ring (bicyclic) bond motifs is 4. The van der Waals surface area contributed by atoms with Crippen molar-refractivity contribution in [2.24, 2.45) is 5.92 Å². The maximum absolute atomic E-state index is 15.6. The number of nitrogens with zero attached hydrogens (tertiary/aromatic N) is 9. The highest BCUT2D eigenvalue weighted by molar-refractivity contribution is 6.33. The Labute approximate surface area is 460 Å². The van der Waals surface area contributed by atoms with Gasteiger partial charge in [0, 0.05) is 74.1 Å². The summed E-state index contributed by atoms with van der Waals surface area (Å²) in [5.41, 5.74) is 6.15. The molecular weight excluding hydrogens is 1030 g/mol. The number of aromatic hydroxyl groups is 1. The maximum atomic E-state index is 15.6. The molecule has 3 aliphatic heterocycles. The molecule has 5 unspecified atom stereocenters. The highest BCUT2D eigenvalue weighted by Gasteiger charge is 2.41. The van der Waals surface area contributed by atoms with Crippen molar-refractivity contribution in [2.75, 3.05) is 51.5 Å². The number of halogens is 2. The van der Waals surface area contributed by atoms with Gasteiger partial charge >= 0.3 is 6.01 Å². The maximum Gasteiger partial charge on any atom is 0.319 e. The number of pyridine rings is 2. The van der Waals surface area contributed by atoms with Gasteiger partial charge in [0.15, 0.2) is 5.75 Å². The lowest BCUT2D eigenvalue weighted by atomic mass is 9.94. The summed E-state index contributed by atoms with van der Waals surface area (Å²) in [6, 6.07) is 21.5. The molecule has 11 rings (SSSR count). The second kappa shape index (κ2) is 22.9. The molecule has 79 heavy (non-hydrogen) atoms. The van der Waals surface area contributed by atoms with E-state index in [1.165, 1.54) is 6.07 Å². The average molecular weight is 1090 g/mol. The van der Waals surface area contributed by atoms with E-state index in [4.69, 9.17) is 40.8 Å². The van der Waals surface area contributed by atoms with Crippen LogP contribution in [0.25, 0.3) is 55.3 Å². The molecule has 0 aliphatic carbocycles. The Hall–Kier alpha value is -7.84. The molecule has 18 nitrogen and oxygen atoms in total. The van der Waals surface area contributed by atoms with Gasteiger partial charge in [0.2, 0.25) is 11.8 Å². The van der Waals surface area contributed by atoms with Gasteiger partial charge in [-0.15, -0.1) is 5.10 Å². The number of carbonyl (C=O) groups excluding carboxylic acids is 2. The number of hydrogen-bond donors (Lipinski definition) is 4. The number of benzene rings is 4. The first-order valence-electron chi connectivity index (χ1n) is 26.7. The second-order valence-corrected chi connectivity index (χ2v) is 21.1. The van der Waals surface area contributed by atoms with Crippen molar-refractivity contribution in [3.8, 4) is 51.2 Å². The first kappa shape index (κ1) is 53.2. The van der Waals surface area contributed by atoms with Crippen LogP contribution in [0, 0.1) is 11.7 Å². The third-order valence-electron chi connectivity index (χ3n) is 15.3. The lowest BCUT2D eigenvalue weighted by Gasteiger charge is -2.30. The van der Waals surface area contributed by atoms with Gasteiger partial charge in [-0.3, -0.25) is 19.6 Å². The Morgan fingerprint density at radius 3 is 2.51 bits per heavy atom. The minimum atomic E-state index is -0.757. The molecule has 2 amide bonds. The number of aliphatic hydroxyl groups is 1. The van der Waals surface area contributed by atoms with Crippen LogP contribution in [0.1, 0.15) is 68.8 Å². The SMILES string of the molecule is CCc1c(F)ccc2cc(O)cc(-c3ncc4c(N5CC6CC5CN6)nc(OCCOC)nc4c3OCc3ccc(-c4cn(C(C(=O)N5CCCC5C(=O)NC(CO)c5ccc(-c6cnccc6Cl)cc5)C(C)C)nn4)cc3)c12. The molecule has 8 aromatic rings. The number of methoxy groups -OCH3 is 1. The summed E-state index contributed by atoms with van der Waals surface area (Å²) in [5, 5.41) is 39.5. The number of rotatable bonds is 19. The van der Waals surface area contributed by atoms with Gasteiger partial charge in [0.25, 0.3) is 0 Å². The molecule has 2 bridgehead atoms. The Morgan fingerprint density at radius 1 is 0.975 bits per heavy atom. The van der Waals surface area contributed by atoms with E-state index in [1.54, 1.807) is 65.7 Å². The molecule has 0 spiro atoms. The number of aryl methyl sites for hydroxylation is 1. The van der Waals surface area contributed by atoms with Crippen LogP contribution in [0.3, 0.4) is 0 Å². The fraction of sp³-hybridized carbons (Fsp3) is 0.356. The van der Waals surface area contributed by atoms with Crippen LogP contribution in [0.2, 0.25) is 5.02 Å². The normalized spacial score (nSPS) is 17.7. The van der Waals surface area contributed by atoms with Gasteiger partial charge in [-0.25, -0.2) is 9.07 Å². The zero-order valence-electron chi connectivity index (χ0n) is 44.3. The largest absolute Gasteiger partial charge is 0.508 e. The Kier molecular flexibility index (Phi) is 15.4. The smallest absolute Gasteiger partial charge is 0.319 e. The van der Waals surface area contributed by atoms with Crippen molar-refractivity contribution in [3.63, 3.8) is 0 Å². The lowest BCUT2D eigenvalue weighted by Crippen LogP contribution is -2.50. The minimum absolute atomic E-state index is 0.0173. The van der Waals surface area contributed by atoms with E-state index in [0.29, 0.717) is 105 Å². The number of hydrogen-bond acceptors (Lipinski definition) is 15. The van der Waals surface area contributed by atoms with E-state index in [9.17, 15) is 19.8 Å². The number of anilines is 1. The fourth-order valence-corrected chi connectivity index (χ4v) is 11.6. The van der Waals surface area contributed by atoms with Gasteiger partial charge in [0.1, 0.15) is 59.6 Å². The molecule has 20 heteroatoms. The number of carbonyl (C=O) groups is 2. The van der Waals surface area contributed by atoms with Crippen molar-refractivity contribution in [2.45, 2.75) is 83.3 Å². The number of amides is 2. The van der Waals surface area contributed by atoms with Crippen LogP contribution in [0.4, 0.5) is 10.2 Å². The summed E-state index contributed by atoms with van der Waals surface area (Å²) in [5.74, 6) is -0.219. The third-order valence-corrected chi connectivity index (χ3v) is 15.6. The molecule has 3 saturated heterocycles. The van der Waals surface area contributed by atoms with E-state index in [-0.39, 0.29) is 61.2 Å². The number of likely N-dealkylation sites (tertiary alicyclic amines) is 1. The highest BCUT2D eigenvalue weighted by atomic mass is 35.5. The van der Waals surface area contributed by atoms with E-state index in [1.807, 2.05) is 69.3 Å². The topological polar surface area (TPSA) is 215 Å². The molecular formula is C59H61ClFN11O7.